The molecule has 1 unspecified atom stereocenters. The maximum Gasteiger partial charge on any atom is 0.107 e. The molecule has 4 nitrogen and oxygen atoms in total. The third kappa shape index (κ3) is 4.21. The maximum atomic E-state index is 6.10. The number of anilines is 2. The molecule has 1 heterocycles. The number of rotatable bonds is 9. The number of fused-ring (bicyclic) bond motifs is 1. The first kappa shape index (κ1) is 21.9. The van der Waals surface area contributed by atoms with Gasteiger partial charge in [-0.3, -0.25) is 0 Å². The van der Waals surface area contributed by atoms with Crippen LogP contribution in [0.25, 0.3) is 0 Å². The highest BCUT2D eigenvalue weighted by atomic mass is 15.4. The molecule has 0 fully saturated rings. The molecule has 0 spiro atoms. The zero-order valence-electron chi connectivity index (χ0n) is 18.6. The molecule has 0 radical (unpaired) electrons. The second-order valence-corrected chi connectivity index (χ2v) is 8.06. The van der Waals surface area contributed by atoms with Gasteiger partial charge in [-0.05, 0) is 58.7 Å². The second kappa shape index (κ2) is 9.22. The molecule has 154 valence electrons. The van der Waals surface area contributed by atoms with Gasteiger partial charge in [0.1, 0.15) is 6.17 Å². The van der Waals surface area contributed by atoms with E-state index in [1.165, 1.54) is 11.4 Å². The number of para-hydroxylation sites is 2. The largest absolute Gasteiger partial charge is 0.386 e. The maximum absolute atomic E-state index is 6.10. The highest BCUT2D eigenvalue weighted by molar-refractivity contribution is 5.80. The van der Waals surface area contributed by atoms with Gasteiger partial charge in [-0.1, -0.05) is 45.6 Å². The van der Waals surface area contributed by atoms with Crippen molar-refractivity contribution in [3.05, 3.63) is 60.7 Å². The lowest BCUT2D eigenvalue weighted by atomic mass is 10.1. The van der Waals surface area contributed by atoms with Crippen LogP contribution >= 0.6 is 0 Å². The van der Waals surface area contributed by atoms with E-state index in [1.807, 2.05) is 0 Å². The summed E-state index contributed by atoms with van der Waals surface area (Å²) in [5.41, 5.74) is 10.8. The zero-order chi connectivity index (χ0) is 21.0. The highest BCUT2D eigenvalue weighted by Crippen LogP contribution is 2.44. The summed E-state index contributed by atoms with van der Waals surface area (Å²) in [5, 5.41) is 0. The first-order chi connectivity index (χ1) is 13.2. The topological polar surface area (TPSA) is 35.7 Å². The Morgan fingerprint density at radius 1 is 1.14 bits per heavy atom. The monoisotopic (exact) mass is 382 g/mol. The van der Waals surface area contributed by atoms with E-state index in [0.717, 1.165) is 30.7 Å². The average Bonchev–Trinajstić information content (AvgIpc) is 2.94. The highest BCUT2D eigenvalue weighted by Gasteiger charge is 2.37. The summed E-state index contributed by atoms with van der Waals surface area (Å²) in [4.78, 5) is 7.01. The van der Waals surface area contributed by atoms with Gasteiger partial charge in [0.25, 0.3) is 0 Å². The van der Waals surface area contributed by atoms with Crippen LogP contribution in [0.4, 0.5) is 11.4 Å². The summed E-state index contributed by atoms with van der Waals surface area (Å²) in [6.07, 6.45) is 5.53. The molecule has 1 aliphatic heterocycles. The first-order valence-corrected chi connectivity index (χ1v) is 10.5. The number of hydrogen-bond donors (Lipinski definition) is 1. The van der Waals surface area contributed by atoms with Crippen molar-refractivity contribution in [3.8, 4) is 0 Å². The summed E-state index contributed by atoms with van der Waals surface area (Å²) in [6, 6.07) is 9.32. The van der Waals surface area contributed by atoms with Crippen LogP contribution in [0.1, 0.15) is 60.8 Å². The van der Waals surface area contributed by atoms with Gasteiger partial charge >= 0.3 is 0 Å². The Balaban J connectivity index is 2.50. The SMILES string of the molecule is C=C(N)N(/C(=C/C(=C)N1c2ccccc2N(C(C)C)C1CCC)CC)C(C)C. The van der Waals surface area contributed by atoms with Crippen LogP contribution in [0.5, 0.6) is 0 Å². The summed E-state index contributed by atoms with van der Waals surface area (Å²) >= 11 is 0. The Bertz CT molecular complexity index is 732. The van der Waals surface area contributed by atoms with Crippen LogP contribution in [0, 0.1) is 0 Å². The van der Waals surface area contributed by atoms with Crippen molar-refractivity contribution in [1.82, 2.24) is 4.90 Å². The van der Waals surface area contributed by atoms with E-state index in [1.54, 1.807) is 0 Å². The van der Waals surface area contributed by atoms with Gasteiger partial charge < -0.3 is 20.4 Å². The molecule has 0 aliphatic carbocycles. The minimum Gasteiger partial charge on any atom is -0.386 e. The lowest BCUT2D eigenvalue weighted by molar-refractivity contribution is 0.341. The van der Waals surface area contributed by atoms with E-state index in [-0.39, 0.29) is 12.2 Å². The van der Waals surface area contributed by atoms with Gasteiger partial charge in [0, 0.05) is 23.5 Å². The molecule has 1 aromatic carbocycles. The molecule has 1 aromatic rings. The Morgan fingerprint density at radius 2 is 1.75 bits per heavy atom. The fourth-order valence-corrected chi connectivity index (χ4v) is 4.28. The summed E-state index contributed by atoms with van der Waals surface area (Å²) in [6.45, 7) is 21.6. The Kier molecular flexibility index (Phi) is 7.22. The average molecular weight is 383 g/mol. The van der Waals surface area contributed by atoms with Gasteiger partial charge in [-0.15, -0.1) is 0 Å². The molecule has 28 heavy (non-hydrogen) atoms. The van der Waals surface area contributed by atoms with Crippen molar-refractivity contribution in [2.45, 2.75) is 79.1 Å². The van der Waals surface area contributed by atoms with Crippen molar-refractivity contribution in [3.63, 3.8) is 0 Å². The molecule has 0 bridgehead atoms. The van der Waals surface area contributed by atoms with Crippen LogP contribution in [-0.4, -0.2) is 23.1 Å². The fourth-order valence-electron chi connectivity index (χ4n) is 4.28. The first-order valence-electron chi connectivity index (χ1n) is 10.5. The number of benzene rings is 1. The second-order valence-electron chi connectivity index (χ2n) is 8.06. The van der Waals surface area contributed by atoms with Crippen LogP contribution in [0.3, 0.4) is 0 Å². The van der Waals surface area contributed by atoms with Gasteiger partial charge in [0.2, 0.25) is 0 Å². The van der Waals surface area contributed by atoms with Crippen LogP contribution in [-0.2, 0) is 0 Å². The van der Waals surface area contributed by atoms with Crippen LogP contribution in [0.2, 0.25) is 0 Å². The standard InChI is InChI=1S/C24H38N4/c1-9-13-24-27(18(5)6)22-14-11-12-15-23(22)28(24)19(7)16-21(10-2)26(17(3)4)20(8)25/h11-12,14-18,24H,7-10,13,25H2,1-6H3/b21-16+. The van der Waals surface area contributed by atoms with Crippen molar-refractivity contribution in [2.75, 3.05) is 9.80 Å². The van der Waals surface area contributed by atoms with Gasteiger partial charge in [-0.2, -0.15) is 0 Å². The number of nitrogens with two attached hydrogens (primary N) is 1. The van der Waals surface area contributed by atoms with Gasteiger partial charge in [0.15, 0.2) is 0 Å². The summed E-state index contributed by atoms with van der Waals surface area (Å²) in [5.74, 6) is 0.576. The third-order valence-corrected chi connectivity index (χ3v) is 5.28. The number of hydrogen-bond acceptors (Lipinski definition) is 4. The molecule has 2 rings (SSSR count). The van der Waals surface area contributed by atoms with E-state index in [9.17, 15) is 0 Å². The zero-order valence-corrected chi connectivity index (χ0v) is 18.6. The van der Waals surface area contributed by atoms with Crippen molar-refractivity contribution in [1.29, 1.82) is 0 Å². The van der Waals surface area contributed by atoms with Crippen molar-refractivity contribution in [2.24, 2.45) is 5.73 Å². The smallest absolute Gasteiger partial charge is 0.107 e. The fraction of sp³-hybridized carbons (Fsp3) is 0.500. The third-order valence-electron chi connectivity index (χ3n) is 5.28. The van der Waals surface area contributed by atoms with E-state index in [0.29, 0.717) is 11.9 Å². The molecule has 1 atom stereocenters. The molecule has 1 aliphatic rings. The Hall–Kier alpha value is -2.36. The van der Waals surface area contributed by atoms with Gasteiger partial charge in [-0.25, -0.2) is 0 Å². The number of nitrogens with zero attached hydrogens (tertiary/aromatic N) is 3. The summed E-state index contributed by atoms with van der Waals surface area (Å²) < 4.78 is 0. The van der Waals surface area contributed by atoms with Crippen LogP contribution < -0.4 is 15.5 Å². The molecule has 0 aromatic heterocycles. The lowest BCUT2D eigenvalue weighted by Crippen LogP contribution is -2.45. The quantitative estimate of drug-likeness (QED) is 0.548. The molecular weight excluding hydrogens is 344 g/mol. The Morgan fingerprint density at radius 3 is 2.21 bits per heavy atom. The van der Waals surface area contributed by atoms with Crippen molar-refractivity contribution < 1.29 is 0 Å². The molecule has 0 saturated carbocycles. The predicted octanol–water partition coefficient (Wildman–Crippen LogP) is 5.80. The Labute approximate surface area is 172 Å². The number of allylic oxidation sites excluding steroid dienone is 2. The van der Waals surface area contributed by atoms with Crippen molar-refractivity contribution >= 4 is 11.4 Å². The molecule has 0 amide bonds. The molecular formula is C24H38N4. The van der Waals surface area contributed by atoms with Gasteiger partial charge in [0.05, 0.1) is 17.2 Å². The summed E-state index contributed by atoms with van der Waals surface area (Å²) in [7, 11) is 0. The van der Waals surface area contributed by atoms with E-state index >= 15 is 0 Å². The predicted molar refractivity (Wildman–Crippen MR) is 123 cm³/mol. The molecule has 2 N–H and O–H groups in total. The minimum atomic E-state index is 0.251. The molecule has 0 saturated heterocycles. The lowest BCUT2D eigenvalue weighted by Gasteiger charge is -2.36. The molecule has 4 heteroatoms. The van der Waals surface area contributed by atoms with E-state index < -0.39 is 0 Å². The minimum absolute atomic E-state index is 0.251. The normalized spacial score (nSPS) is 16.7. The van der Waals surface area contributed by atoms with Crippen LogP contribution in [0.15, 0.2) is 60.7 Å². The van der Waals surface area contributed by atoms with E-state index in [2.05, 4.69) is 99.7 Å². The van der Waals surface area contributed by atoms with E-state index in [4.69, 9.17) is 5.73 Å².